The molecule has 1 aromatic rings. The first kappa shape index (κ1) is 12.6. The average Bonchev–Trinajstić information content (AvgIpc) is 2.26. The number of hydrogen-bond acceptors (Lipinski definition) is 3. The predicted octanol–water partition coefficient (Wildman–Crippen LogP) is 2.72. The summed E-state index contributed by atoms with van der Waals surface area (Å²) >= 11 is 2.23. The highest BCUT2D eigenvalue weighted by atomic mass is 127. The number of ether oxygens (including phenoxy) is 3. The molecule has 84 valence electrons. The highest BCUT2D eigenvalue weighted by Crippen LogP contribution is 2.25. The monoisotopic (exact) mass is 322 g/mol. The summed E-state index contributed by atoms with van der Waals surface area (Å²) < 4.78 is 17.0. The van der Waals surface area contributed by atoms with Crippen molar-refractivity contribution in [3.8, 4) is 11.5 Å². The average molecular weight is 322 g/mol. The van der Waals surface area contributed by atoms with Gasteiger partial charge >= 0.3 is 0 Å². The molecule has 0 aliphatic heterocycles. The zero-order chi connectivity index (χ0) is 11.1. The second-order valence-electron chi connectivity index (χ2n) is 2.84. The molecule has 0 N–H and O–H groups in total. The normalized spacial score (nSPS) is 10.1. The molecular formula is C11H15IO3. The number of halogens is 1. The first-order valence-corrected chi connectivity index (χ1v) is 5.90. The third-order valence-electron chi connectivity index (χ3n) is 1.83. The lowest BCUT2D eigenvalue weighted by Crippen LogP contribution is -2.07. The van der Waals surface area contributed by atoms with Gasteiger partial charge in [0.25, 0.3) is 0 Å². The minimum atomic E-state index is 0.566. The van der Waals surface area contributed by atoms with Gasteiger partial charge in [0.1, 0.15) is 18.1 Å². The van der Waals surface area contributed by atoms with Crippen LogP contribution in [-0.2, 0) is 4.74 Å². The standard InChI is InChI=1S/C11H15IO3/c1-3-14-6-7-15-11-8-9(13-2)4-5-10(11)12/h4-5,8H,3,6-7H2,1-2H3. The van der Waals surface area contributed by atoms with E-state index in [-0.39, 0.29) is 0 Å². The van der Waals surface area contributed by atoms with E-state index < -0.39 is 0 Å². The minimum absolute atomic E-state index is 0.566. The summed E-state index contributed by atoms with van der Waals surface area (Å²) in [5, 5.41) is 0. The lowest BCUT2D eigenvalue weighted by molar-refractivity contribution is 0.110. The maximum atomic E-state index is 5.57. The molecular weight excluding hydrogens is 307 g/mol. The number of methoxy groups -OCH3 is 1. The highest BCUT2D eigenvalue weighted by molar-refractivity contribution is 14.1. The van der Waals surface area contributed by atoms with E-state index in [0.717, 1.165) is 21.7 Å². The summed E-state index contributed by atoms with van der Waals surface area (Å²) in [5.41, 5.74) is 0. The van der Waals surface area contributed by atoms with Crippen LogP contribution in [0.5, 0.6) is 11.5 Å². The molecule has 0 aromatic heterocycles. The lowest BCUT2D eigenvalue weighted by atomic mass is 10.3. The third-order valence-corrected chi connectivity index (χ3v) is 2.72. The van der Waals surface area contributed by atoms with Crippen LogP contribution in [0.4, 0.5) is 0 Å². The number of rotatable bonds is 6. The lowest BCUT2D eigenvalue weighted by Gasteiger charge is -2.09. The number of hydrogen-bond donors (Lipinski definition) is 0. The molecule has 0 radical (unpaired) electrons. The van der Waals surface area contributed by atoms with E-state index in [1.165, 1.54) is 0 Å². The molecule has 0 heterocycles. The van der Waals surface area contributed by atoms with Gasteiger partial charge in [0.2, 0.25) is 0 Å². The smallest absolute Gasteiger partial charge is 0.136 e. The van der Waals surface area contributed by atoms with E-state index in [1.807, 2.05) is 25.1 Å². The van der Waals surface area contributed by atoms with Crippen LogP contribution in [0.15, 0.2) is 18.2 Å². The first-order valence-electron chi connectivity index (χ1n) is 4.82. The molecule has 0 unspecified atom stereocenters. The van der Waals surface area contributed by atoms with Gasteiger partial charge in [-0.15, -0.1) is 0 Å². The fourth-order valence-electron chi connectivity index (χ4n) is 1.08. The van der Waals surface area contributed by atoms with Crippen molar-refractivity contribution in [3.63, 3.8) is 0 Å². The largest absolute Gasteiger partial charge is 0.497 e. The van der Waals surface area contributed by atoms with Gasteiger partial charge in [0.15, 0.2) is 0 Å². The van der Waals surface area contributed by atoms with E-state index in [4.69, 9.17) is 14.2 Å². The Hall–Kier alpha value is -0.490. The summed E-state index contributed by atoms with van der Waals surface area (Å²) in [5.74, 6) is 1.65. The van der Waals surface area contributed by atoms with Crippen molar-refractivity contribution >= 4 is 22.6 Å². The summed E-state index contributed by atoms with van der Waals surface area (Å²) in [4.78, 5) is 0. The molecule has 1 rings (SSSR count). The van der Waals surface area contributed by atoms with Gasteiger partial charge in [-0.1, -0.05) is 0 Å². The van der Waals surface area contributed by atoms with Crippen molar-refractivity contribution in [3.05, 3.63) is 21.8 Å². The van der Waals surface area contributed by atoms with E-state index in [9.17, 15) is 0 Å². The minimum Gasteiger partial charge on any atom is -0.497 e. The molecule has 0 amide bonds. The quantitative estimate of drug-likeness (QED) is 0.595. The fourth-order valence-corrected chi connectivity index (χ4v) is 1.57. The van der Waals surface area contributed by atoms with Crippen molar-refractivity contribution in [2.75, 3.05) is 26.9 Å². The van der Waals surface area contributed by atoms with Crippen molar-refractivity contribution in [1.29, 1.82) is 0 Å². The van der Waals surface area contributed by atoms with Crippen LogP contribution >= 0.6 is 22.6 Å². The molecule has 0 atom stereocenters. The maximum absolute atomic E-state index is 5.57. The van der Waals surface area contributed by atoms with Crippen LogP contribution in [0.25, 0.3) is 0 Å². The van der Waals surface area contributed by atoms with Crippen LogP contribution in [0, 0.1) is 3.57 Å². The molecule has 0 bridgehead atoms. The predicted molar refractivity (Wildman–Crippen MR) is 67.7 cm³/mol. The Morgan fingerprint density at radius 3 is 2.73 bits per heavy atom. The van der Waals surface area contributed by atoms with Gasteiger partial charge in [-0.2, -0.15) is 0 Å². The molecule has 0 aliphatic rings. The van der Waals surface area contributed by atoms with Crippen molar-refractivity contribution in [2.24, 2.45) is 0 Å². The van der Waals surface area contributed by atoms with Crippen molar-refractivity contribution < 1.29 is 14.2 Å². The van der Waals surface area contributed by atoms with E-state index in [1.54, 1.807) is 7.11 Å². The van der Waals surface area contributed by atoms with Crippen molar-refractivity contribution in [1.82, 2.24) is 0 Å². The van der Waals surface area contributed by atoms with Crippen LogP contribution in [0.1, 0.15) is 6.92 Å². The molecule has 0 aliphatic carbocycles. The maximum Gasteiger partial charge on any atom is 0.136 e. The zero-order valence-corrected chi connectivity index (χ0v) is 11.1. The van der Waals surface area contributed by atoms with E-state index >= 15 is 0 Å². The molecule has 0 saturated heterocycles. The molecule has 15 heavy (non-hydrogen) atoms. The van der Waals surface area contributed by atoms with Gasteiger partial charge < -0.3 is 14.2 Å². The highest BCUT2D eigenvalue weighted by Gasteiger charge is 2.02. The Morgan fingerprint density at radius 1 is 1.27 bits per heavy atom. The molecule has 0 fully saturated rings. The zero-order valence-electron chi connectivity index (χ0n) is 8.96. The van der Waals surface area contributed by atoms with Crippen LogP contribution in [0.2, 0.25) is 0 Å². The molecule has 1 aromatic carbocycles. The Kier molecular flexibility index (Phi) is 5.78. The summed E-state index contributed by atoms with van der Waals surface area (Å²) in [6, 6.07) is 5.76. The van der Waals surface area contributed by atoms with Gasteiger partial charge in [0.05, 0.1) is 17.3 Å². The Bertz CT molecular complexity index is 302. The van der Waals surface area contributed by atoms with Gasteiger partial charge in [-0.25, -0.2) is 0 Å². The van der Waals surface area contributed by atoms with E-state index in [2.05, 4.69) is 22.6 Å². The second kappa shape index (κ2) is 6.90. The Balaban J connectivity index is 2.51. The van der Waals surface area contributed by atoms with Crippen LogP contribution < -0.4 is 9.47 Å². The summed E-state index contributed by atoms with van der Waals surface area (Å²) in [7, 11) is 1.65. The molecule has 4 heteroatoms. The molecule has 0 spiro atoms. The third kappa shape index (κ3) is 4.25. The Labute approximate surface area is 104 Å². The first-order chi connectivity index (χ1) is 7.27. The topological polar surface area (TPSA) is 27.7 Å². The molecule has 3 nitrogen and oxygen atoms in total. The van der Waals surface area contributed by atoms with Gasteiger partial charge in [-0.05, 0) is 41.6 Å². The van der Waals surface area contributed by atoms with Gasteiger partial charge in [-0.3, -0.25) is 0 Å². The Morgan fingerprint density at radius 2 is 2.07 bits per heavy atom. The summed E-state index contributed by atoms with van der Waals surface area (Å²) in [6.07, 6.45) is 0. The van der Waals surface area contributed by atoms with Crippen LogP contribution in [0.3, 0.4) is 0 Å². The van der Waals surface area contributed by atoms with E-state index in [0.29, 0.717) is 13.2 Å². The fraction of sp³-hybridized carbons (Fsp3) is 0.455. The summed E-state index contributed by atoms with van der Waals surface area (Å²) in [6.45, 7) is 3.87. The SMILES string of the molecule is CCOCCOc1cc(OC)ccc1I. The second-order valence-corrected chi connectivity index (χ2v) is 4.00. The van der Waals surface area contributed by atoms with Crippen LogP contribution in [-0.4, -0.2) is 26.9 Å². The van der Waals surface area contributed by atoms with Crippen molar-refractivity contribution in [2.45, 2.75) is 6.92 Å². The molecule has 0 saturated carbocycles. The van der Waals surface area contributed by atoms with Gasteiger partial charge in [0, 0.05) is 12.7 Å². The number of benzene rings is 1.